The van der Waals surface area contributed by atoms with Crippen LogP contribution < -0.4 is 0 Å². The van der Waals surface area contributed by atoms with Crippen molar-refractivity contribution in [3.63, 3.8) is 0 Å². The molecule has 0 aliphatic carbocycles. The van der Waals surface area contributed by atoms with Crippen molar-refractivity contribution in [2.75, 3.05) is 13.2 Å². The Morgan fingerprint density at radius 3 is 2.03 bits per heavy atom. The summed E-state index contributed by atoms with van der Waals surface area (Å²) >= 11 is 0. The SMILES string of the molecule is C=CCCCCCC(=O)OCCCCCC.C=CCOC(=O)C(C)CCCCCC. The molecule has 1 atom stereocenters. The van der Waals surface area contributed by atoms with E-state index in [1.807, 2.05) is 13.0 Å². The van der Waals surface area contributed by atoms with E-state index in [1.54, 1.807) is 6.08 Å². The van der Waals surface area contributed by atoms with Gasteiger partial charge in [0, 0.05) is 6.42 Å². The summed E-state index contributed by atoms with van der Waals surface area (Å²) in [4.78, 5) is 22.6. The molecule has 0 aromatic carbocycles. The highest BCUT2D eigenvalue weighted by molar-refractivity contribution is 5.72. The van der Waals surface area contributed by atoms with Gasteiger partial charge in [0.15, 0.2) is 0 Å². The quantitative estimate of drug-likeness (QED) is 0.122. The lowest BCUT2D eigenvalue weighted by Crippen LogP contribution is -2.14. The maximum absolute atomic E-state index is 11.3. The minimum atomic E-state index is -0.0959. The lowest BCUT2D eigenvalue weighted by molar-refractivity contribution is -0.147. The molecule has 1 unspecified atom stereocenters. The number of unbranched alkanes of at least 4 members (excludes halogenated alkanes) is 9. The van der Waals surface area contributed by atoms with E-state index in [4.69, 9.17) is 9.47 Å². The summed E-state index contributed by atoms with van der Waals surface area (Å²) in [5, 5.41) is 0. The molecule has 0 saturated carbocycles. The second kappa shape index (κ2) is 25.5. The molecule has 176 valence electrons. The summed E-state index contributed by atoms with van der Waals surface area (Å²) in [5.74, 6) is -0.0942. The van der Waals surface area contributed by atoms with Crippen LogP contribution in [0, 0.1) is 5.92 Å². The first kappa shape index (κ1) is 30.6. The van der Waals surface area contributed by atoms with Crippen LogP contribution in [0.25, 0.3) is 0 Å². The molecule has 0 aliphatic rings. The zero-order chi connectivity index (χ0) is 22.9. The highest BCUT2D eigenvalue weighted by atomic mass is 16.5. The number of carbonyl (C=O) groups is 2. The van der Waals surface area contributed by atoms with Crippen LogP contribution in [0.5, 0.6) is 0 Å². The van der Waals surface area contributed by atoms with E-state index in [1.165, 1.54) is 38.5 Å². The second-order valence-corrected chi connectivity index (χ2v) is 7.84. The van der Waals surface area contributed by atoms with Gasteiger partial charge in [0.2, 0.25) is 0 Å². The van der Waals surface area contributed by atoms with Crippen LogP contribution in [0.15, 0.2) is 25.3 Å². The summed E-state index contributed by atoms with van der Waals surface area (Å²) in [5.41, 5.74) is 0. The van der Waals surface area contributed by atoms with E-state index in [0.717, 1.165) is 44.9 Å². The molecule has 30 heavy (non-hydrogen) atoms. The standard InChI is InChI=1S/C14H26O2.C12H22O2/c1-3-5-7-9-10-12-14(15)16-13-11-8-6-4-2;1-4-6-7-8-9-11(3)12(13)14-10-5-2/h3H,1,4-13H2,2H3;5,11H,2,4,6-10H2,1,3H3. The van der Waals surface area contributed by atoms with Gasteiger partial charge in [-0.3, -0.25) is 9.59 Å². The minimum absolute atomic E-state index is 0.0323. The molecule has 0 rings (SSSR count). The molecule has 0 aliphatic heterocycles. The third-order valence-corrected chi connectivity index (χ3v) is 4.79. The van der Waals surface area contributed by atoms with E-state index in [-0.39, 0.29) is 17.9 Å². The average Bonchev–Trinajstić information content (AvgIpc) is 2.75. The Morgan fingerprint density at radius 2 is 1.43 bits per heavy atom. The van der Waals surface area contributed by atoms with Gasteiger partial charge >= 0.3 is 11.9 Å². The van der Waals surface area contributed by atoms with Crippen LogP contribution in [-0.4, -0.2) is 25.2 Å². The molecule has 0 N–H and O–H groups in total. The van der Waals surface area contributed by atoms with Gasteiger partial charge in [-0.1, -0.05) is 90.9 Å². The van der Waals surface area contributed by atoms with Gasteiger partial charge in [0.05, 0.1) is 12.5 Å². The number of rotatable bonds is 19. The van der Waals surface area contributed by atoms with Crippen LogP contribution >= 0.6 is 0 Å². The van der Waals surface area contributed by atoms with Crippen molar-refractivity contribution in [2.24, 2.45) is 5.92 Å². The summed E-state index contributed by atoms with van der Waals surface area (Å²) in [6.07, 6.45) is 18.7. The fraction of sp³-hybridized carbons (Fsp3) is 0.769. The Kier molecular flexibility index (Phi) is 26.0. The summed E-state index contributed by atoms with van der Waals surface area (Å²) < 4.78 is 10.1. The lowest BCUT2D eigenvalue weighted by atomic mass is 10.0. The molecule has 0 aromatic heterocycles. The summed E-state index contributed by atoms with van der Waals surface area (Å²) in [7, 11) is 0. The normalized spacial score (nSPS) is 11.0. The van der Waals surface area contributed by atoms with Crippen LogP contribution in [0.4, 0.5) is 0 Å². The summed E-state index contributed by atoms with van der Waals surface area (Å²) in [6, 6.07) is 0. The van der Waals surface area contributed by atoms with Crippen molar-refractivity contribution in [1.82, 2.24) is 0 Å². The van der Waals surface area contributed by atoms with E-state index < -0.39 is 0 Å². The third-order valence-electron chi connectivity index (χ3n) is 4.79. The molecule has 0 radical (unpaired) electrons. The van der Waals surface area contributed by atoms with E-state index in [0.29, 0.717) is 19.6 Å². The van der Waals surface area contributed by atoms with Gasteiger partial charge in [0.25, 0.3) is 0 Å². The number of hydrogen-bond donors (Lipinski definition) is 0. The zero-order valence-corrected chi connectivity index (χ0v) is 20.1. The van der Waals surface area contributed by atoms with Gasteiger partial charge in [-0.25, -0.2) is 0 Å². The molecule has 4 nitrogen and oxygen atoms in total. The topological polar surface area (TPSA) is 52.6 Å². The Bertz CT molecular complexity index is 417. The Morgan fingerprint density at radius 1 is 0.800 bits per heavy atom. The van der Waals surface area contributed by atoms with Crippen molar-refractivity contribution in [2.45, 2.75) is 111 Å². The predicted octanol–water partition coefficient (Wildman–Crippen LogP) is 7.57. The largest absolute Gasteiger partial charge is 0.466 e. The Labute approximate surface area is 186 Å². The number of hydrogen-bond acceptors (Lipinski definition) is 4. The highest BCUT2D eigenvalue weighted by Crippen LogP contribution is 2.11. The molecule has 0 bridgehead atoms. The average molecular weight is 425 g/mol. The summed E-state index contributed by atoms with van der Waals surface area (Å²) in [6.45, 7) is 14.4. The van der Waals surface area contributed by atoms with Gasteiger partial charge in [0.1, 0.15) is 6.61 Å². The van der Waals surface area contributed by atoms with Crippen molar-refractivity contribution in [3.8, 4) is 0 Å². The van der Waals surface area contributed by atoms with Gasteiger partial charge in [-0.2, -0.15) is 0 Å². The molecule has 0 spiro atoms. The van der Waals surface area contributed by atoms with Crippen LogP contribution in [-0.2, 0) is 19.1 Å². The van der Waals surface area contributed by atoms with Crippen molar-refractivity contribution >= 4 is 11.9 Å². The fourth-order valence-electron chi connectivity index (χ4n) is 2.80. The fourth-order valence-corrected chi connectivity index (χ4v) is 2.80. The molecule has 0 amide bonds. The highest BCUT2D eigenvalue weighted by Gasteiger charge is 2.12. The van der Waals surface area contributed by atoms with Crippen molar-refractivity contribution in [3.05, 3.63) is 25.3 Å². The van der Waals surface area contributed by atoms with Crippen LogP contribution in [0.2, 0.25) is 0 Å². The Balaban J connectivity index is 0. The Hall–Kier alpha value is -1.58. The van der Waals surface area contributed by atoms with E-state index in [9.17, 15) is 9.59 Å². The molecule has 0 aromatic rings. The lowest BCUT2D eigenvalue weighted by Gasteiger charge is -2.09. The van der Waals surface area contributed by atoms with Crippen molar-refractivity contribution in [1.29, 1.82) is 0 Å². The molecule has 0 fully saturated rings. The first-order chi connectivity index (χ1) is 14.5. The molecule has 4 heteroatoms. The van der Waals surface area contributed by atoms with Crippen molar-refractivity contribution < 1.29 is 19.1 Å². The number of esters is 2. The second-order valence-electron chi connectivity index (χ2n) is 7.84. The maximum atomic E-state index is 11.3. The third kappa shape index (κ3) is 24.5. The predicted molar refractivity (Wildman–Crippen MR) is 127 cm³/mol. The van der Waals surface area contributed by atoms with Gasteiger partial charge in [-0.15, -0.1) is 6.58 Å². The molecular weight excluding hydrogens is 376 g/mol. The maximum Gasteiger partial charge on any atom is 0.308 e. The number of allylic oxidation sites excluding steroid dienone is 1. The smallest absolute Gasteiger partial charge is 0.308 e. The monoisotopic (exact) mass is 424 g/mol. The van der Waals surface area contributed by atoms with Crippen LogP contribution in [0.1, 0.15) is 111 Å². The number of carbonyl (C=O) groups excluding carboxylic acids is 2. The van der Waals surface area contributed by atoms with Gasteiger partial charge < -0.3 is 9.47 Å². The zero-order valence-electron chi connectivity index (χ0n) is 20.1. The molecule has 0 saturated heterocycles. The molecule has 0 heterocycles. The minimum Gasteiger partial charge on any atom is -0.466 e. The first-order valence-corrected chi connectivity index (χ1v) is 12.1. The molecular formula is C26H48O4. The first-order valence-electron chi connectivity index (χ1n) is 12.1. The van der Waals surface area contributed by atoms with E-state index >= 15 is 0 Å². The van der Waals surface area contributed by atoms with Gasteiger partial charge in [-0.05, 0) is 32.1 Å². The van der Waals surface area contributed by atoms with Crippen LogP contribution in [0.3, 0.4) is 0 Å². The number of ether oxygens (including phenoxy) is 2. The van der Waals surface area contributed by atoms with E-state index in [2.05, 4.69) is 27.0 Å².